The number of ether oxygens (including phenoxy) is 1. The van der Waals surface area contributed by atoms with Crippen molar-refractivity contribution in [3.05, 3.63) is 85.0 Å². The molecule has 2 aromatic carbocycles. The predicted molar refractivity (Wildman–Crippen MR) is 153 cm³/mol. The summed E-state index contributed by atoms with van der Waals surface area (Å²) in [7, 11) is -3.72. The van der Waals surface area contributed by atoms with E-state index in [1.807, 2.05) is 42.7 Å². The average molecular weight is 687 g/mol. The van der Waals surface area contributed by atoms with Crippen LogP contribution in [0.2, 0.25) is 5.02 Å². The number of hydrogen-bond acceptors (Lipinski definition) is 5. The van der Waals surface area contributed by atoms with E-state index >= 15 is 0 Å². The smallest absolute Gasteiger partial charge is 0.309 e. The normalized spacial score (nSPS) is 15.0. The summed E-state index contributed by atoms with van der Waals surface area (Å²) in [4.78, 5) is 25.8. The van der Waals surface area contributed by atoms with Crippen LogP contribution in [0.5, 0.6) is 0 Å². The molecule has 0 saturated carbocycles. The zero-order chi connectivity index (χ0) is 27.6. The summed E-state index contributed by atoms with van der Waals surface area (Å²) in [6, 6.07) is 14.3. The summed E-state index contributed by atoms with van der Waals surface area (Å²) in [5.41, 5.74) is 3.13. The van der Waals surface area contributed by atoms with Crippen LogP contribution in [0.15, 0.2) is 62.4 Å². The first-order chi connectivity index (χ1) is 18.0. The Balaban J connectivity index is 1.34. The van der Waals surface area contributed by atoms with Gasteiger partial charge in [-0.3, -0.25) is 9.59 Å². The van der Waals surface area contributed by atoms with Crippen molar-refractivity contribution < 1.29 is 22.7 Å². The molecule has 1 saturated heterocycles. The summed E-state index contributed by atoms with van der Waals surface area (Å²) in [5.74, 6) is -1.23. The molecule has 0 unspecified atom stereocenters. The summed E-state index contributed by atoms with van der Waals surface area (Å²) in [6.45, 7) is 4.33. The van der Waals surface area contributed by atoms with Crippen LogP contribution in [0.4, 0.5) is 0 Å². The zero-order valence-electron chi connectivity index (χ0n) is 20.9. The highest BCUT2D eigenvalue weighted by Gasteiger charge is 2.34. The summed E-state index contributed by atoms with van der Waals surface area (Å²) in [5, 5.41) is 0.657. The van der Waals surface area contributed by atoms with Gasteiger partial charge in [-0.15, -0.1) is 0 Å². The number of aryl methyl sites for hydroxylation is 1. The molecule has 3 aromatic rings. The molecule has 1 aliphatic rings. The second-order valence-electron chi connectivity index (χ2n) is 9.25. The fourth-order valence-electron chi connectivity index (χ4n) is 4.60. The third kappa shape index (κ3) is 6.25. The molecule has 4 rings (SSSR count). The molecule has 0 N–H and O–H groups in total. The van der Waals surface area contributed by atoms with Crippen molar-refractivity contribution >= 4 is 65.2 Å². The highest BCUT2D eigenvalue weighted by molar-refractivity contribution is 9.11. The van der Waals surface area contributed by atoms with E-state index in [2.05, 4.69) is 31.9 Å². The van der Waals surface area contributed by atoms with Gasteiger partial charge in [0.05, 0.1) is 10.8 Å². The Morgan fingerprint density at radius 2 is 1.74 bits per heavy atom. The van der Waals surface area contributed by atoms with Gasteiger partial charge in [0.15, 0.2) is 6.61 Å². The first kappa shape index (κ1) is 29.0. The van der Waals surface area contributed by atoms with Crippen molar-refractivity contribution in [2.24, 2.45) is 5.92 Å². The van der Waals surface area contributed by atoms with E-state index in [0.717, 1.165) is 17.0 Å². The van der Waals surface area contributed by atoms with Gasteiger partial charge in [-0.05, 0) is 78.5 Å². The van der Waals surface area contributed by atoms with Gasteiger partial charge < -0.3 is 9.30 Å². The summed E-state index contributed by atoms with van der Waals surface area (Å²) >= 11 is 12.9. The Morgan fingerprint density at radius 3 is 2.42 bits per heavy atom. The lowest BCUT2D eigenvalue weighted by atomic mass is 9.98. The second kappa shape index (κ2) is 12.0. The quantitative estimate of drug-likeness (QED) is 0.210. The van der Waals surface area contributed by atoms with Crippen LogP contribution < -0.4 is 0 Å². The van der Waals surface area contributed by atoms with Gasteiger partial charge in [0.2, 0.25) is 15.8 Å². The number of Topliss-reactive ketones (excluding diaryl/α,β-unsaturated/α-hetero) is 1. The molecule has 1 aromatic heterocycles. The maximum atomic E-state index is 13.1. The third-order valence-electron chi connectivity index (χ3n) is 6.80. The van der Waals surface area contributed by atoms with E-state index in [4.69, 9.17) is 16.3 Å². The molecule has 1 fully saturated rings. The number of sulfonamides is 1. The van der Waals surface area contributed by atoms with Crippen LogP contribution in [-0.2, 0) is 26.1 Å². The fourth-order valence-corrected chi connectivity index (χ4v) is 7.73. The van der Waals surface area contributed by atoms with Crippen molar-refractivity contribution in [1.29, 1.82) is 0 Å². The van der Waals surface area contributed by atoms with Crippen LogP contribution in [0, 0.1) is 19.8 Å². The molecule has 7 nitrogen and oxygen atoms in total. The topological polar surface area (TPSA) is 85.7 Å². The van der Waals surface area contributed by atoms with E-state index in [0.29, 0.717) is 38.9 Å². The zero-order valence-corrected chi connectivity index (χ0v) is 25.7. The van der Waals surface area contributed by atoms with Crippen LogP contribution in [0.25, 0.3) is 0 Å². The monoisotopic (exact) mass is 684 g/mol. The van der Waals surface area contributed by atoms with Gasteiger partial charge in [0.25, 0.3) is 0 Å². The maximum absolute atomic E-state index is 13.1. The fraction of sp³-hybridized carbons (Fsp3) is 0.333. The Kier molecular flexibility index (Phi) is 9.19. The van der Waals surface area contributed by atoms with E-state index in [1.54, 1.807) is 24.3 Å². The molecule has 0 radical (unpaired) electrons. The second-order valence-corrected chi connectivity index (χ2v) is 13.3. The lowest BCUT2D eigenvalue weighted by Crippen LogP contribution is -2.40. The van der Waals surface area contributed by atoms with Crippen molar-refractivity contribution in [2.75, 3.05) is 19.7 Å². The molecular formula is C27H27Br2ClN2O5S. The van der Waals surface area contributed by atoms with Crippen LogP contribution in [0.3, 0.4) is 0 Å². The number of hydrogen-bond donors (Lipinski definition) is 0. The first-order valence-corrected chi connectivity index (χ1v) is 15.4. The van der Waals surface area contributed by atoms with Crippen molar-refractivity contribution in [1.82, 2.24) is 8.87 Å². The molecule has 202 valence electrons. The SMILES string of the molecule is Cc1cc(C(=O)COC(=O)C2CCN(S(=O)(=O)c3cc(Br)ccc3Br)CC2)c(C)n1Cc1ccccc1Cl. The Labute approximate surface area is 244 Å². The molecule has 0 aliphatic carbocycles. The van der Waals surface area contributed by atoms with Crippen molar-refractivity contribution in [2.45, 2.75) is 38.1 Å². The Morgan fingerprint density at radius 1 is 1.05 bits per heavy atom. The van der Waals surface area contributed by atoms with Gasteiger partial charge in [0.1, 0.15) is 0 Å². The summed E-state index contributed by atoms with van der Waals surface area (Å²) < 4.78 is 36.1. The number of piperidine rings is 1. The molecule has 0 spiro atoms. The summed E-state index contributed by atoms with van der Waals surface area (Å²) in [6.07, 6.45) is 0.647. The molecule has 11 heteroatoms. The highest BCUT2D eigenvalue weighted by Crippen LogP contribution is 2.31. The van der Waals surface area contributed by atoms with Gasteiger partial charge in [-0.25, -0.2) is 8.42 Å². The van der Waals surface area contributed by atoms with Gasteiger partial charge in [-0.1, -0.05) is 45.7 Å². The maximum Gasteiger partial charge on any atom is 0.309 e. The average Bonchev–Trinajstić information content (AvgIpc) is 3.18. The van der Waals surface area contributed by atoms with E-state index in [9.17, 15) is 18.0 Å². The number of benzene rings is 2. The van der Waals surface area contributed by atoms with Gasteiger partial charge >= 0.3 is 5.97 Å². The molecule has 38 heavy (non-hydrogen) atoms. The highest BCUT2D eigenvalue weighted by atomic mass is 79.9. The van der Waals surface area contributed by atoms with Gasteiger partial charge in [0, 0.05) is 50.6 Å². The largest absolute Gasteiger partial charge is 0.457 e. The Bertz CT molecular complexity index is 1480. The molecule has 0 atom stereocenters. The molecule has 0 amide bonds. The first-order valence-electron chi connectivity index (χ1n) is 12.0. The van der Waals surface area contributed by atoms with E-state index in [-0.39, 0.29) is 30.4 Å². The van der Waals surface area contributed by atoms with Gasteiger partial charge in [-0.2, -0.15) is 4.31 Å². The van der Waals surface area contributed by atoms with Crippen molar-refractivity contribution in [3.63, 3.8) is 0 Å². The molecular weight excluding hydrogens is 660 g/mol. The lowest BCUT2D eigenvalue weighted by Gasteiger charge is -2.30. The Hall–Kier alpha value is -1.98. The third-order valence-corrected chi connectivity index (χ3v) is 10.6. The van der Waals surface area contributed by atoms with Crippen LogP contribution in [0.1, 0.15) is 40.2 Å². The number of carbonyl (C=O) groups is 2. The standard InChI is InChI=1S/C27H27Br2ClN2O5S/c1-17-13-22(18(2)32(17)15-20-5-3-4-6-24(20)30)25(33)16-37-27(34)19-9-11-31(12-10-19)38(35,36)26-14-21(28)7-8-23(26)29/h3-8,13-14,19H,9-12,15-16H2,1-2H3. The minimum absolute atomic E-state index is 0.172. The predicted octanol–water partition coefficient (Wildman–Crippen LogP) is 6.16. The number of esters is 1. The number of rotatable bonds is 8. The molecule has 1 aliphatic heterocycles. The number of aromatic nitrogens is 1. The van der Waals surface area contributed by atoms with E-state index < -0.39 is 21.9 Å². The van der Waals surface area contributed by atoms with Crippen molar-refractivity contribution in [3.8, 4) is 0 Å². The molecule has 2 heterocycles. The number of nitrogens with zero attached hydrogens (tertiary/aromatic N) is 2. The molecule has 0 bridgehead atoms. The lowest BCUT2D eigenvalue weighted by molar-refractivity contribution is -0.148. The minimum atomic E-state index is -3.72. The number of carbonyl (C=O) groups excluding carboxylic acids is 2. The van der Waals surface area contributed by atoms with Crippen LogP contribution >= 0.6 is 43.5 Å². The number of halogens is 3. The van der Waals surface area contributed by atoms with E-state index in [1.165, 1.54) is 4.31 Å². The minimum Gasteiger partial charge on any atom is -0.457 e. The van der Waals surface area contributed by atoms with Crippen LogP contribution in [-0.4, -0.2) is 48.7 Å². The number of ketones is 1.